The predicted molar refractivity (Wildman–Crippen MR) is 103 cm³/mol. The molecule has 2 heterocycles. The van der Waals surface area contributed by atoms with E-state index in [-0.39, 0.29) is 11.3 Å². The van der Waals surface area contributed by atoms with Crippen LogP contribution in [0.5, 0.6) is 0 Å². The van der Waals surface area contributed by atoms with Crippen molar-refractivity contribution < 1.29 is 19.1 Å². The molecule has 0 saturated heterocycles. The van der Waals surface area contributed by atoms with E-state index >= 15 is 0 Å². The summed E-state index contributed by atoms with van der Waals surface area (Å²) < 4.78 is 8.51. The number of esters is 1. The van der Waals surface area contributed by atoms with Crippen molar-refractivity contribution in [2.75, 3.05) is 6.61 Å². The molecule has 0 aliphatic heterocycles. The van der Waals surface area contributed by atoms with Crippen LogP contribution in [0.1, 0.15) is 32.1 Å². The maximum absolute atomic E-state index is 12.6. The highest BCUT2D eigenvalue weighted by molar-refractivity contribution is 9.10. The van der Waals surface area contributed by atoms with Crippen molar-refractivity contribution in [2.24, 2.45) is 0 Å². The molecule has 3 aromatic rings. The van der Waals surface area contributed by atoms with Gasteiger partial charge in [0.05, 0.1) is 0 Å². The summed E-state index contributed by atoms with van der Waals surface area (Å²) in [7, 11) is 0. The molecule has 1 aromatic carbocycles. The van der Waals surface area contributed by atoms with E-state index in [4.69, 9.17) is 4.74 Å². The highest BCUT2D eigenvalue weighted by Gasteiger charge is 2.19. The van der Waals surface area contributed by atoms with Crippen molar-refractivity contribution in [3.8, 4) is 5.69 Å². The molecule has 0 atom stereocenters. The number of ether oxygens (including phenoxy) is 1. The molecule has 0 aliphatic carbocycles. The summed E-state index contributed by atoms with van der Waals surface area (Å²) in [6.07, 6.45) is 2.37. The van der Waals surface area contributed by atoms with Crippen molar-refractivity contribution in [1.29, 1.82) is 0 Å². The number of rotatable bonds is 5. The summed E-state index contributed by atoms with van der Waals surface area (Å²) in [6, 6.07) is 12.4. The van der Waals surface area contributed by atoms with Gasteiger partial charge in [-0.2, -0.15) is 4.73 Å². The van der Waals surface area contributed by atoms with Gasteiger partial charge in [0.15, 0.2) is 19.0 Å². The van der Waals surface area contributed by atoms with Gasteiger partial charge in [0.1, 0.15) is 5.56 Å². The van der Waals surface area contributed by atoms with E-state index < -0.39 is 12.6 Å². The fourth-order valence-corrected chi connectivity index (χ4v) is 3.16. The average molecular weight is 429 g/mol. The van der Waals surface area contributed by atoms with E-state index in [2.05, 4.69) is 15.9 Å². The van der Waals surface area contributed by atoms with E-state index in [0.717, 1.165) is 27.7 Å². The van der Waals surface area contributed by atoms with E-state index in [0.29, 0.717) is 10.3 Å². The lowest BCUT2D eigenvalue weighted by molar-refractivity contribution is -0.605. The average Bonchev–Trinajstić information content (AvgIpc) is 2.94. The molecular formula is C20H17BrN2O4. The number of carbonyl (C=O) groups is 2. The van der Waals surface area contributed by atoms with Gasteiger partial charge in [-0.05, 0) is 50.2 Å². The number of aryl methyl sites for hydroxylation is 1. The lowest BCUT2D eigenvalue weighted by atomic mass is 10.1. The lowest BCUT2D eigenvalue weighted by Crippen LogP contribution is -2.26. The number of benzene rings is 1. The summed E-state index contributed by atoms with van der Waals surface area (Å²) in [6.45, 7) is 3.37. The minimum atomic E-state index is -0.713. The molecule has 0 bridgehead atoms. The van der Waals surface area contributed by atoms with Crippen molar-refractivity contribution in [3.05, 3.63) is 87.1 Å². The quantitative estimate of drug-likeness (QED) is 0.269. The zero-order chi connectivity index (χ0) is 19.6. The molecule has 0 fully saturated rings. The summed E-state index contributed by atoms with van der Waals surface area (Å²) in [5, 5.41) is 11.2. The Balaban J connectivity index is 1.76. The van der Waals surface area contributed by atoms with Crippen LogP contribution in [-0.2, 0) is 4.74 Å². The Morgan fingerprint density at radius 1 is 1.19 bits per heavy atom. The molecule has 0 saturated carbocycles. The highest BCUT2D eigenvalue weighted by Crippen LogP contribution is 2.23. The summed E-state index contributed by atoms with van der Waals surface area (Å²) >= 11 is 3.41. The number of ketones is 1. The number of nitrogens with zero attached hydrogens (tertiary/aromatic N) is 2. The summed E-state index contributed by atoms with van der Waals surface area (Å²) in [4.78, 5) is 24.6. The zero-order valence-electron chi connectivity index (χ0n) is 14.8. The lowest BCUT2D eigenvalue weighted by Gasteiger charge is -2.10. The van der Waals surface area contributed by atoms with Crippen LogP contribution in [0.15, 0.2) is 59.3 Å². The molecule has 0 N–H and O–H groups in total. The third-order valence-electron chi connectivity index (χ3n) is 4.16. The van der Waals surface area contributed by atoms with Crippen LogP contribution in [0.3, 0.4) is 0 Å². The van der Waals surface area contributed by atoms with E-state index in [1.807, 2.05) is 42.7 Å². The van der Waals surface area contributed by atoms with Gasteiger partial charge in [-0.3, -0.25) is 4.79 Å². The first-order chi connectivity index (χ1) is 12.9. The number of pyridine rings is 1. The van der Waals surface area contributed by atoms with Crippen molar-refractivity contribution in [2.45, 2.75) is 13.8 Å². The number of hydrogen-bond acceptors (Lipinski definition) is 4. The Hall–Kier alpha value is -2.93. The Bertz CT molecular complexity index is 1010. The van der Waals surface area contributed by atoms with Gasteiger partial charge in [-0.15, -0.1) is 0 Å². The summed E-state index contributed by atoms with van der Waals surface area (Å²) in [5.41, 5.74) is 3.21. The summed E-state index contributed by atoms with van der Waals surface area (Å²) in [5.74, 6) is -1.01. The molecule has 0 amide bonds. The molecule has 2 aromatic heterocycles. The van der Waals surface area contributed by atoms with Crippen LogP contribution in [0.2, 0.25) is 0 Å². The van der Waals surface area contributed by atoms with Crippen LogP contribution in [0.4, 0.5) is 0 Å². The Morgan fingerprint density at radius 3 is 2.56 bits per heavy atom. The molecule has 27 heavy (non-hydrogen) atoms. The maximum atomic E-state index is 12.6. The number of Topliss-reactive ketones (excluding diaryl/α,β-unsaturated/α-hetero) is 1. The third-order valence-corrected chi connectivity index (χ3v) is 4.69. The van der Waals surface area contributed by atoms with Crippen molar-refractivity contribution >= 4 is 27.7 Å². The number of hydrogen-bond donors (Lipinski definition) is 0. The van der Waals surface area contributed by atoms with Crippen LogP contribution in [0.25, 0.3) is 5.69 Å². The first kappa shape index (κ1) is 18.8. The van der Waals surface area contributed by atoms with Gasteiger partial charge < -0.3 is 14.5 Å². The molecule has 0 aliphatic rings. The molecular weight excluding hydrogens is 412 g/mol. The van der Waals surface area contributed by atoms with Gasteiger partial charge >= 0.3 is 5.97 Å². The van der Waals surface area contributed by atoms with Crippen molar-refractivity contribution in [3.63, 3.8) is 0 Å². The van der Waals surface area contributed by atoms with Crippen LogP contribution in [0, 0.1) is 19.1 Å². The van der Waals surface area contributed by atoms with Crippen LogP contribution in [-0.4, -0.2) is 22.9 Å². The third kappa shape index (κ3) is 4.09. The van der Waals surface area contributed by atoms with Gasteiger partial charge in [-0.25, -0.2) is 4.79 Å². The Labute approximate surface area is 164 Å². The van der Waals surface area contributed by atoms with Gasteiger partial charge in [-0.1, -0.05) is 15.9 Å². The Kier molecular flexibility index (Phi) is 5.41. The smallest absolute Gasteiger partial charge is 0.344 e. The maximum Gasteiger partial charge on any atom is 0.344 e. The second kappa shape index (κ2) is 7.75. The molecule has 6 nitrogen and oxygen atoms in total. The predicted octanol–water partition coefficient (Wildman–Crippen LogP) is 3.53. The number of carbonyl (C=O) groups excluding carboxylic acids is 2. The first-order valence-electron chi connectivity index (χ1n) is 8.21. The molecule has 0 spiro atoms. The molecule has 138 valence electrons. The largest absolute Gasteiger partial charge is 0.619 e. The number of halogens is 1. The van der Waals surface area contributed by atoms with E-state index in [1.54, 1.807) is 6.07 Å². The molecule has 3 rings (SSSR count). The highest BCUT2D eigenvalue weighted by atomic mass is 79.9. The standard InChI is InChI=1S/C20H17BrN2O4/c1-13-10-18(14(2)23(13)17-7-5-16(21)6-8-17)19(24)12-27-20(25)15-4-3-9-22(26)11-15/h3-11H,12H2,1-2H3. The van der Waals surface area contributed by atoms with Crippen molar-refractivity contribution in [1.82, 2.24) is 4.57 Å². The molecule has 0 radical (unpaired) electrons. The van der Waals surface area contributed by atoms with E-state index in [1.165, 1.54) is 18.3 Å². The topological polar surface area (TPSA) is 75.2 Å². The second-order valence-electron chi connectivity index (χ2n) is 6.05. The van der Waals surface area contributed by atoms with Gasteiger partial charge in [0.2, 0.25) is 5.78 Å². The minimum absolute atomic E-state index is 0.0978. The first-order valence-corrected chi connectivity index (χ1v) is 9.00. The van der Waals surface area contributed by atoms with Gasteiger partial charge in [0.25, 0.3) is 0 Å². The van der Waals surface area contributed by atoms with Crippen LogP contribution < -0.4 is 4.73 Å². The second-order valence-corrected chi connectivity index (χ2v) is 6.96. The molecule has 0 unspecified atom stereocenters. The fourth-order valence-electron chi connectivity index (χ4n) is 2.90. The Morgan fingerprint density at radius 2 is 1.89 bits per heavy atom. The normalized spacial score (nSPS) is 10.6. The monoisotopic (exact) mass is 428 g/mol. The molecule has 7 heteroatoms. The van der Waals surface area contributed by atoms with E-state index in [9.17, 15) is 14.8 Å². The SMILES string of the molecule is Cc1cc(C(=O)COC(=O)c2ccc[n+]([O-])c2)c(C)n1-c1ccc(Br)cc1. The fraction of sp³-hybridized carbons (Fsp3) is 0.150. The minimum Gasteiger partial charge on any atom is -0.619 e. The van der Waals surface area contributed by atoms with Crippen LogP contribution >= 0.6 is 15.9 Å². The zero-order valence-corrected chi connectivity index (χ0v) is 16.4. The van der Waals surface area contributed by atoms with Gasteiger partial charge in [0, 0.05) is 33.2 Å². The number of aromatic nitrogens is 2.